The fourth-order valence-corrected chi connectivity index (χ4v) is 5.30. The summed E-state index contributed by atoms with van der Waals surface area (Å²) in [5, 5.41) is 0. The highest BCUT2D eigenvalue weighted by Crippen LogP contribution is 2.37. The molecule has 0 saturated carbocycles. The molecule has 0 bridgehead atoms. The SMILES string of the molecule is CC(C)(C)CC(C)(C)c1ccc(C(=[N+]=[N-])c2ccc(C(C)(C)CC(C)(C)C)cc2)cc1. The first-order valence-corrected chi connectivity index (χ1v) is 11.5. The van der Waals surface area contributed by atoms with Gasteiger partial charge in [-0.2, -0.15) is 4.79 Å². The van der Waals surface area contributed by atoms with Crippen molar-refractivity contribution in [2.75, 3.05) is 0 Å². The monoisotopic (exact) mass is 418 g/mol. The molecule has 0 fully saturated rings. The first-order chi connectivity index (χ1) is 14.0. The maximum atomic E-state index is 9.78. The third kappa shape index (κ3) is 6.91. The third-order valence-corrected chi connectivity index (χ3v) is 5.92. The van der Waals surface area contributed by atoms with E-state index in [0.717, 1.165) is 24.0 Å². The Bertz CT molecular complexity index is 851. The minimum absolute atomic E-state index is 0.0909. The molecule has 2 rings (SSSR count). The number of rotatable bonds is 6. The lowest BCUT2D eigenvalue weighted by Crippen LogP contribution is -2.25. The van der Waals surface area contributed by atoms with Gasteiger partial charge < -0.3 is 5.53 Å². The summed E-state index contributed by atoms with van der Waals surface area (Å²) >= 11 is 0. The zero-order valence-electron chi connectivity index (χ0n) is 21.4. The van der Waals surface area contributed by atoms with E-state index in [0.29, 0.717) is 5.71 Å². The Hall–Kier alpha value is -2.18. The molecule has 0 atom stereocenters. The summed E-state index contributed by atoms with van der Waals surface area (Å²) in [5.74, 6) is 0. The summed E-state index contributed by atoms with van der Waals surface area (Å²) in [5.41, 5.74) is 15.6. The van der Waals surface area contributed by atoms with Gasteiger partial charge in [-0.15, -0.1) is 0 Å². The maximum absolute atomic E-state index is 9.78. The molecule has 0 aromatic heterocycles. The van der Waals surface area contributed by atoms with Crippen LogP contribution in [-0.2, 0) is 10.8 Å². The first-order valence-electron chi connectivity index (χ1n) is 11.5. The van der Waals surface area contributed by atoms with E-state index in [-0.39, 0.29) is 21.7 Å². The highest BCUT2D eigenvalue weighted by Gasteiger charge is 2.29. The van der Waals surface area contributed by atoms with Crippen molar-refractivity contribution in [1.82, 2.24) is 0 Å². The van der Waals surface area contributed by atoms with Crippen molar-refractivity contribution in [3.8, 4) is 0 Å². The molecular weight excluding hydrogens is 376 g/mol. The molecule has 0 aliphatic carbocycles. The van der Waals surface area contributed by atoms with Gasteiger partial charge >= 0.3 is 5.71 Å². The van der Waals surface area contributed by atoms with Crippen LogP contribution in [0.15, 0.2) is 48.5 Å². The van der Waals surface area contributed by atoms with Crippen molar-refractivity contribution in [3.63, 3.8) is 0 Å². The van der Waals surface area contributed by atoms with Crippen molar-refractivity contribution in [2.24, 2.45) is 10.8 Å². The summed E-state index contributed by atoms with van der Waals surface area (Å²) < 4.78 is 0. The molecule has 0 heterocycles. The Balaban J connectivity index is 2.28. The molecule has 2 heteroatoms. The van der Waals surface area contributed by atoms with E-state index < -0.39 is 0 Å². The predicted molar refractivity (Wildman–Crippen MR) is 134 cm³/mol. The number of hydrogen-bond donors (Lipinski definition) is 0. The van der Waals surface area contributed by atoms with E-state index in [2.05, 4.69) is 123 Å². The van der Waals surface area contributed by atoms with Gasteiger partial charge in [0.05, 0.1) is 11.1 Å². The number of nitrogens with zero attached hydrogens (tertiary/aromatic N) is 2. The van der Waals surface area contributed by atoms with Crippen molar-refractivity contribution in [1.29, 1.82) is 0 Å². The van der Waals surface area contributed by atoms with E-state index in [1.54, 1.807) is 0 Å². The molecule has 2 aromatic rings. The summed E-state index contributed by atoms with van der Waals surface area (Å²) in [6, 6.07) is 17.0. The summed E-state index contributed by atoms with van der Waals surface area (Å²) in [6.45, 7) is 22.9. The van der Waals surface area contributed by atoms with Crippen molar-refractivity contribution in [3.05, 3.63) is 76.3 Å². The average molecular weight is 419 g/mol. The molecule has 0 N–H and O–H groups in total. The van der Waals surface area contributed by atoms with E-state index in [9.17, 15) is 5.53 Å². The quantitative estimate of drug-likeness (QED) is 0.258. The average Bonchev–Trinajstić information content (AvgIpc) is 2.59. The van der Waals surface area contributed by atoms with Gasteiger partial charge in [0.15, 0.2) is 0 Å². The molecule has 0 radical (unpaired) electrons. The molecule has 2 aromatic carbocycles. The lowest BCUT2D eigenvalue weighted by Gasteiger charge is -2.33. The van der Waals surface area contributed by atoms with Crippen LogP contribution in [0.2, 0.25) is 0 Å². The second-order valence-corrected chi connectivity index (χ2v) is 12.8. The second-order valence-electron chi connectivity index (χ2n) is 12.8. The van der Waals surface area contributed by atoms with Gasteiger partial charge in [-0.05, 0) is 69.9 Å². The van der Waals surface area contributed by atoms with E-state index in [4.69, 9.17) is 0 Å². The lowest BCUT2D eigenvalue weighted by molar-refractivity contribution is -0.00280. The standard InChI is InChI=1S/C29H42N2/c1-26(2,3)19-28(7,8)23-15-11-21(12-16-23)25(31-30)22-13-17-24(18-14-22)29(9,10)20-27(4,5)6/h11-18H,19-20H2,1-10H3. The number of hydrogen-bond acceptors (Lipinski definition) is 0. The van der Waals surface area contributed by atoms with E-state index in [1.165, 1.54) is 11.1 Å². The Morgan fingerprint density at radius 1 is 0.581 bits per heavy atom. The molecular formula is C29H42N2. The van der Waals surface area contributed by atoms with Crippen LogP contribution < -0.4 is 0 Å². The van der Waals surface area contributed by atoms with Crippen LogP contribution in [0.1, 0.15) is 104 Å². The minimum atomic E-state index is 0.0909. The second kappa shape index (κ2) is 8.75. The Morgan fingerprint density at radius 2 is 0.871 bits per heavy atom. The largest absolute Gasteiger partial charge is 0.361 e. The van der Waals surface area contributed by atoms with Crippen LogP contribution in [0, 0.1) is 10.8 Å². The zero-order valence-corrected chi connectivity index (χ0v) is 21.4. The topological polar surface area (TPSA) is 36.4 Å². The summed E-state index contributed by atoms with van der Waals surface area (Å²) in [6.07, 6.45) is 2.21. The summed E-state index contributed by atoms with van der Waals surface area (Å²) in [7, 11) is 0. The highest BCUT2D eigenvalue weighted by molar-refractivity contribution is 6.09. The number of benzene rings is 2. The predicted octanol–water partition coefficient (Wildman–Crippen LogP) is 8.18. The van der Waals surface area contributed by atoms with Gasteiger partial charge in [-0.1, -0.05) is 93.5 Å². The molecule has 0 saturated heterocycles. The molecule has 168 valence electrons. The molecule has 2 nitrogen and oxygen atoms in total. The molecule has 0 aliphatic rings. The molecule has 31 heavy (non-hydrogen) atoms. The van der Waals surface area contributed by atoms with Crippen molar-refractivity contribution in [2.45, 2.75) is 92.9 Å². The van der Waals surface area contributed by atoms with Crippen LogP contribution in [0.4, 0.5) is 0 Å². The van der Waals surface area contributed by atoms with Crippen LogP contribution >= 0.6 is 0 Å². The normalized spacial score (nSPS) is 13.1. The van der Waals surface area contributed by atoms with Gasteiger partial charge in [0.1, 0.15) is 0 Å². The van der Waals surface area contributed by atoms with Gasteiger partial charge in [0.25, 0.3) is 0 Å². The van der Waals surface area contributed by atoms with Crippen LogP contribution in [0.3, 0.4) is 0 Å². The van der Waals surface area contributed by atoms with Crippen LogP contribution in [0.25, 0.3) is 5.53 Å². The smallest absolute Gasteiger partial charge is 0.329 e. The van der Waals surface area contributed by atoms with E-state index in [1.807, 2.05) is 0 Å². The Labute approximate surface area is 190 Å². The fraction of sp³-hybridized carbons (Fsp3) is 0.552. The Morgan fingerprint density at radius 3 is 1.10 bits per heavy atom. The highest BCUT2D eigenvalue weighted by atomic mass is 14.9. The van der Waals surface area contributed by atoms with Gasteiger partial charge in [-0.25, -0.2) is 0 Å². The fourth-order valence-electron chi connectivity index (χ4n) is 5.30. The van der Waals surface area contributed by atoms with Crippen molar-refractivity contribution >= 4 is 5.71 Å². The molecule has 0 aliphatic heterocycles. The molecule has 0 amide bonds. The van der Waals surface area contributed by atoms with Gasteiger partial charge in [0, 0.05) is 0 Å². The van der Waals surface area contributed by atoms with Crippen LogP contribution in [-0.4, -0.2) is 10.5 Å². The Kier molecular flexibility index (Phi) is 7.08. The molecule has 0 unspecified atom stereocenters. The van der Waals surface area contributed by atoms with Crippen molar-refractivity contribution < 1.29 is 4.79 Å². The third-order valence-electron chi connectivity index (χ3n) is 5.92. The first kappa shape index (κ1) is 25.1. The zero-order chi connectivity index (χ0) is 23.7. The van der Waals surface area contributed by atoms with E-state index >= 15 is 0 Å². The lowest BCUT2D eigenvalue weighted by atomic mass is 9.72. The summed E-state index contributed by atoms with van der Waals surface area (Å²) in [4.78, 5) is 3.65. The van der Waals surface area contributed by atoms with Gasteiger partial charge in [-0.3, -0.25) is 0 Å². The molecule has 0 spiro atoms. The van der Waals surface area contributed by atoms with Crippen LogP contribution in [0.5, 0.6) is 0 Å². The van der Waals surface area contributed by atoms with Gasteiger partial charge in [0.2, 0.25) is 0 Å². The minimum Gasteiger partial charge on any atom is -0.361 e. The maximum Gasteiger partial charge on any atom is 0.329 e.